The first-order valence-corrected chi connectivity index (χ1v) is 6.08. The molecule has 0 aromatic carbocycles. The fourth-order valence-corrected chi connectivity index (χ4v) is 2.19. The molecule has 90 valence electrons. The summed E-state index contributed by atoms with van der Waals surface area (Å²) in [4.78, 5) is 0. The van der Waals surface area contributed by atoms with Crippen LogP contribution in [0.2, 0.25) is 0 Å². The summed E-state index contributed by atoms with van der Waals surface area (Å²) in [6.07, 6.45) is 2.11. The summed E-state index contributed by atoms with van der Waals surface area (Å²) in [7, 11) is 0. The number of hydrogen-bond donors (Lipinski definition) is 1. The van der Waals surface area contributed by atoms with Crippen LogP contribution in [0.5, 0.6) is 0 Å². The molecule has 3 nitrogen and oxygen atoms in total. The number of ether oxygens (including phenoxy) is 2. The maximum Gasteiger partial charge on any atom is 0.102 e. The van der Waals surface area contributed by atoms with Gasteiger partial charge in [0.05, 0.1) is 12.2 Å². The van der Waals surface area contributed by atoms with E-state index in [4.69, 9.17) is 9.47 Å². The largest absolute Gasteiger partial charge is 0.379 e. The maximum absolute atomic E-state index is 6.27. The van der Waals surface area contributed by atoms with Crippen molar-refractivity contribution < 1.29 is 9.47 Å². The van der Waals surface area contributed by atoms with Gasteiger partial charge in [-0.25, -0.2) is 0 Å². The Morgan fingerprint density at radius 3 is 2.40 bits per heavy atom. The van der Waals surface area contributed by atoms with Crippen molar-refractivity contribution in [1.82, 2.24) is 5.32 Å². The molecule has 3 heteroatoms. The lowest BCUT2D eigenvalue weighted by atomic mass is 9.92. The zero-order valence-corrected chi connectivity index (χ0v) is 10.6. The zero-order chi connectivity index (χ0) is 11.4. The van der Waals surface area contributed by atoms with Gasteiger partial charge in [-0.3, -0.25) is 0 Å². The summed E-state index contributed by atoms with van der Waals surface area (Å²) in [5, 5.41) is 3.47. The molecule has 1 fully saturated rings. The van der Waals surface area contributed by atoms with Crippen molar-refractivity contribution in [3.63, 3.8) is 0 Å². The van der Waals surface area contributed by atoms with Crippen LogP contribution in [0, 0.1) is 0 Å². The van der Waals surface area contributed by atoms with E-state index in [1.807, 2.05) is 6.92 Å². The molecule has 0 saturated carbocycles. The van der Waals surface area contributed by atoms with Gasteiger partial charge in [0.25, 0.3) is 0 Å². The van der Waals surface area contributed by atoms with Gasteiger partial charge in [-0.15, -0.1) is 0 Å². The average molecular weight is 215 g/mol. The van der Waals surface area contributed by atoms with Crippen LogP contribution in [0.15, 0.2) is 0 Å². The minimum atomic E-state index is -0.166. The standard InChI is InChI=1S/C12H25NO2/c1-5-12(6-2)9-13-8-11(4,15-12)10-14-7-3/h13H,5-10H2,1-4H3. The van der Waals surface area contributed by atoms with Crippen molar-refractivity contribution in [2.45, 2.75) is 51.7 Å². The van der Waals surface area contributed by atoms with Gasteiger partial charge in [-0.05, 0) is 26.7 Å². The SMILES string of the molecule is CCOCC1(C)CNCC(CC)(CC)O1. The molecule has 1 atom stereocenters. The summed E-state index contributed by atoms with van der Waals surface area (Å²) >= 11 is 0. The smallest absolute Gasteiger partial charge is 0.102 e. The van der Waals surface area contributed by atoms with Crippen LogP contribution in [0.1, 0.15) is 40.5 Å². The highest BCUT2D eigenvalue weighted by Crippen LogP contribution is 2.30. The first kappa shape index (κ1) is 12.9. The predicted molar refractivity (Wildman–Crippen MR) is 62.2 cm³/mol. The molecule has 1 aliphatic rings. The van der Waals surface area contributed by atoms with Gasteiger partial charge >= 0.3 is 0 Å². The molecule has 1 rings (SSSR count). The molecule has 0 spiro atoms. The summed E-state index contributed by atoms with van der Waals surface area (Å²) in [6, 6.07) is 0. The molecular weight excluding hydrogens is 190 g/mol. The van der Waals surface area contributed by atoms with E-state index in [-0.39, 0.29) is 11.2 Å². The van der Waals surface area contributed by atoms with Crippen molar-refractivity contribution >= 4 is 0 Å². The molecule has 1 aliphatic heterocycles. The van der Waals surface area contributed by atoms with Crippen molar-refractivity contribution in [2.75, 3.05) is 26.3 Å². The molecule has 1 N–H and O–H groups in total. The van der Waals surface area contributed by atoms with Crippen LogP contribution in [-0.2, 0) is 9.47 Å². The van der Waals surface area contributed by atoms with Crippen LogP contribution in [0.3, 0.4) is 0 Å². The highest BCUT2D eigenvalue weighted by Gasteiger charge is 2.40. The maximum atomic E-state index is 6.27. The molecule has 1 saturated heterocycles. The predicted octanol–water partition coefficient (Wildman–Crippen LogP) is 1.96. The van der Waals surface area contributed by atoms with Crippen molar-refractivity contribution in [3.8, 4) is 0 Å². The third-order valence-corrected chi connectivity index (χ3v) is 3.31. The lowest BCUT2D eigenvalue weighted by molar-refractivity contribution is -0.194. The van der Waals surface area contributed by atoms with Gasteiger partial charge in [-0.2, -0.15) is 0 Å². The average Bonchev–Trinajstić information content (AvgIpc) is 2.26. The number of hydrogen-bond acceptors (Lipinski definition) is 3. The third kappa shape index (κ3) is 3.16. The lowest BCUT2D eigenvalue weighted by Gasteiger charge is -2.46. The number of morpholine rings is 1. The third-order valence-electron chi connectivity index (χ3n) is 3.31. The Morgan fingerprint density at radius 1 is 1.20 bits per heavy atom. The van der Waals surface area contributed by atoms with E-state index >= 15 is 0 Å². The minimum absolute atomic E-state index is 0.00407. The van der Waals surface area contributed by atoms with Gasteiger partial charge in [0.15, 0.2) is 0 Å². The summed E-state index contributed by atoms with van der Waals surface area (Å²) in [6.45, 7) is 11.8. The van der Waals surface area contributed by atoms with E-state index in [1.165, 1.54) is 0 Å². The van der Waals surface area contributed by atoms with Gasteiger partial charge in [-0.1, -0.05) is 13.8 Å². The van der Waals surface area contributed by atoms with E-state index < -0.39 is 0 Å². The molecule has 0 aliphatic carbocycles. The molecule has 1 heterocycles. The van der Waals surface area contributed by atoms with E-state index in [0.717, 1.165) is 32.5 Å². The Kier molecular flexibility index (Phi) is 4.56. The lowest BCUT2D eigenvalue weighted by Crippen LogP contribution is -2.60. The Labute approximate surface area is 93.5 Å². The zero-order valence-electron chi connectivity index (χ0n) is 10.6. The van der Waals surface area contributed by atoms with Gasteiger partial charge < -0.3 is 14.8 Å². The normalized spacial score (nSPS) is 30.4. The Balaban J connectivity index is 2.60. The second kappa shape index (κ2) is 5.28. The van der Waals surface area contributed by atoms with E-state index in [2.05, 4.69) is 26.1 Å². The summed E-state index contributed by atoms with van der Waals surface area (Å²) in [5.41, 5.74) is -0.162. The highest BCUT2D eigenvalue weighted by atomic mass is 16.6. The van der Waals surface area contributed by atoms with E-state index in [1.54, 1.807) is 0 Å². The Hall–Kier alpha value is -0.120. The molecule has 0 aromatic rings. The fourth-order valence-electron chi connectivity index (χ4n) is 2.19. The van der Waals surface area contributed by atoms with Crippen molar-refractivity contribution in [1.29, 1.82) is 0 Å². The first-order valence-electron chi connectivity index (χ1n) is 6.08. The topological polar surface area (TPSA) is 30.5 Å². The van der Waals surface area contributed by atoms with E-state index in [0.29, 0.717) is 6.61 Å². The first-order chi connectivity index (χ1) is 7.10. The van der Waals surface area contributed by atoms with Crippen LogP contribution in [0.25, 0.3) is 0 Å². The van der Waals surface area contributed by atoms with Crippen molar-refractivity contribution in [3.05, 3.63) is 0 Å². The molecule has 1 unspecified atom stereocenters. The van der Waals surface area contributed by atoms with E-state index in [9.17, 15) is 0 Å². The van der Waals surface area contributed by atoms with Gasteiger partial charge in [0.1, 0.15) is 5.60 Å². The fraction of sp³-hybridized carbons (Fsp3) is 1.00. The van der Waals surface area contributed by atoms with Crippen molar-refractivity contribution in [2.24, 2.45) is 0 Å². The van der Waals surface area contributed by atoms with Crippen LogP contribution >= 0.6 is 0 Å². The molecule has 15 heavy (non-hydrogen) atoms. The number of nitrogens with one attached hydrogen (secondary N) is 1. The second-order valence-electron chi connectivity index (χ2n) is 4.68. The summed E-state index contributed by atoms with van der Waals surface area (Å²) in [5.74, 6) is 0. The van der Waals surface area contributed by atoms with Gasteiger partial charge in [0, 0.05) is 19.7 Å². The molecular formula is C12H25NO2. The highest BCUT2D eigenvalue weighted by molar-refractivity contribution is 4.93. The second-order valence-corrected chi connectivity index (χ2v) is 4.68. The van der Waals surface area contributed by atoms with Gasteiger partial charge in [0.2, 0.25) is 0 Å². The summed E-state index contributed by atoms with van der Waals surface area (Å²) < 4.78 is 11.8. The van der Waals surface area contributed by atoms with Crippen LogP contribution < -0.4 is 5.32 Å². The number of rotatable bonds is 5. The molecule has 0 amide bonds. The Bertz CT molecular complexity index is 192. The van der Waals surface area contributed by atoms with Crippen LogP contribution in [0.4, 0.5) is 0 Å². The molecule has 0 aromatic heterocycles. The molecule has 0 bridgehead atoms. The quantitative estimate of drug-likeness (QED) is 0.760. The Morgan fingerprint density at radius 2 is 1.87 bits per heavy atom. The molecule has 0 radical (unpaired) electrons. The minimum Gasteiger partial charge on any atom is -0.379 e. The monoisotopic (exact) mass is 215 g/mol. The van der Waals surface area contributed by atoms with Crippen LogP contribution in [-0.4, -0.2) is 37.5 Å².